The summed E-state index contributed by atoms with van der Waals surface area (Å²) in [6.07, 6.45) is 2.07. The molecule has 2 aromatic carbocycles. The van der Waals surface area contributed by atoms with E-state index in [2.05, 4.69) is 53.1 Å². The first kappa shape index (κ1) is 17.7. The molecule has 3 aliphatic rings. The Morgan fingerprint density at radius 1 is 1.21 bits per heavy atom. The number of anilines is 1. The molecule has 28 heavy (non-hydrogen) atoms. The van der Waals surface area contributed by atoms with Crippen LogP contribution in [0.5, 0.6) is 5.75 Å². The molecule has 2 N–H and O–H groups in total. The maximum absolute atomic E-state index is 12.4. The SMILES string of the molecule is COc1cc2c(cc1CN[C@H]1CCN[C@H]1c1ccccc1)N(C)C(=O)C1CC21. The van der Waals surface area contributed by atoms with Crippen molar-refractivity contribution in [1.82, 2.24) is 10.6 Å². The molecule has 0 aromatic heterocycles. The number of benzene rings is 2. The zero-order valence-electron chi connectivity index (χ0n) is 16.4. The molecule has 5 rings (SSSR count). The van der Waals surface area contributed by atoms with Crippen LogP contribution in [0, 0.1) is 5.92 Å². The first-order valence-electron chi connectivity index (χ1n) is 10.2. The molecule has 146 valence electrons. The number of fused-ring (bicyclic) bond motifs is 3. The molecule has 0 spiro atoms. The maximum Gasteiger partial charge on any atom is 0.230 e. The first-order valence-corrected chi connectivity index (χ1v) is 10.2. The second-order valence-electron chi connectivity index (χ2n) is 8.19. The summed E-state index contributed by atoms with van der Waals surface area (Å²) in [4.78, 5) is 14.3. The fourth-order valence-corrected chi connectivity index (χ4v) is 4.90. The van der Waals surface area contributed by atoms with Crippen LogP contribution in [0.3, 0.4) is 0 Å². The largest absolute Gasteiger partial charge is 0.496 e. The van der Waals surface area contributed by atoms with E-state index in [1.165, 1.54) is 11.1 Å². The summed E-state index contributed by atoms with van der Waals surface area (Å²) in [6, 6.07) is 15.6. The Labute approximate surface area is 166 Å². The van der Waals surface area contributed by atoms with Crippen molar-refractivity contribution in [3.63, 3.8) is 0 Å². The number of hydrogen-bond donors (Lipinski definition) is 2. The van der Waals surface area contributed by atoms with E-state index in [0.717, 1.165) is 42.9 Å². The van der Waals surface area contributed by atoms with E-state index in [1.807, 2.05) is 11.9 Å². The van der Waals surface area contributed by atoms with Gasteiger partial charge in [0.15, 0.2) is 0 Å². The Kier molecular flexibility index (Phi) is 4.37. The Balaban J connectivity index is 1.37. The van der Waals surface area contributed by atoms with Crippen LogP contribution in [0.15, 0.2) is 42.5 Å². The van der Waals surface area contributed by atoms with Crippen molar-refractivity contribution in [2.24, 2.45) is 5.92 Å². The molecule has 0 bridgehead atoms. The number of nitrogens with zero attached hydrogens (tertiary/aromatic N) is 1. The predicted octanol–water partition coefficient (Wildman–Crippen LogP) is 2.97. The molecular formula is C23H27N3O2. The lowest BCUT2D eigenvalue weighted by Crippen LogP contribution is -2.34. The highest BCUT2D eigenvalue weighted by atomic mass is 16.5. The van der Waals surface area contributed by atoms with E-state index in [1.54, 1.807) is 7.11 Å². The van der Waals surface area contributed by atoms with Gasteiger partial charge < -0.3 is 20.3 Å². The van der Waals surface area contributed by atoms with Crippen molar-refractivity contribution < 1.29 is 9.53 Å². The van der Waals surface area contributed by atoms with E-state index in [4.69, 9.17) is 4.74 Å². The predicted molar refractivity (Wildman–Crippen MR) is 110 cm³/mol. The van der Waals surface area contributed by atoms with Gasteiger partial charge in [0.25, 0.3) is 0 Å². The molecule has 2 aliphatic heterocycles. The fourth-order valence-electron chi connectivity index (χ4n) is 4.90. The zero-order chi connectivity index (χ0) is 19.3. The Morgan fingerprint density at radius 3 is 2.82 bits per heavy atom. The zero-order valence-corrected chi connectivity index (χ0v) is 16.4. The molecule has 1 amide bonds. The van der Waals surface area contributed by atoms with Gasteiger partial charge in [-0.15, -0.1) is 0 Å². The van der Waals surface area contributed by atoms with Gasteiger partial charge in [0.2, 0.25) is 5.91 Å². The molecule has 2 unspecified atom stereocenters. The number of carbonyl (C=O) groups is 1. The van der Waals surface area contributed by atoms with Gasteiger partial charge in [-0.1, -0.05) is 30.3 Å². The average Bonchev–Trinajstić information content (AvgIpc) is 3.40. The van der Waals surface area contributed by atoms with Gasteiger partial charge in [0, 0.05) is 42.8 Å². The van der Waals surface area contributed by atoms with Gasteiger partial charge in [0.1, 0.15) is 5.75 Å². The van der Waals surface area contributed by atoms with Crippen LogP contribution in [0.25, 0.3) is 0 Å². The molecule has 4 atom stereocenters. The van der Waals surface area contributed by atoms with E-state index in [0.29, 0.717) is 18.0 Å². The molecule has 1 aliphatic carbocycles. The Bertz CT molecular complexity index is 898. The van der Waals surface area contributed by atoms with Crippen LogP contribution >= 0.6 is 0 Å². The van der Waals surface area contributed by atoms with Crippen LogP contribution in [0.1, 0.15) is 41.5 Å². The molecule has 2 aromatic rings. The highest BCUT2D eigenvalue weighted by Gasteiger charge is 2.50. The monoisotopic (exact) mass is 377 g/mol. The van der Waals surface area contributed by atoms with Gasteiger partial charge in [-0.25, -0.2) is 0 Å². The van der Waals surface area contributed by atoms with Crippen LogP contribution in [-0.4, -0.2) is 32.7 Å². The quantitative estimate of drug-likeness (QED) is 0.841. The molecular weight excluding hydrogens is 350 g/mol. The van der Waals surface area contributed by atoms with Crippen molar-refractivity contribution in [2.75, 3.05) is 25.6 Å². The number of carbonyl (C=O) groups excluding carboxylic acids is 1. The van der Waals surface area contributed by atoms with Crippen LogP contribution < -0.4 is 20.3 Å². The van der Waals surface area contributed by atoms with E-state index in [9.17, 15) is 4.79 Å². The highest BCUT2D eigenvalue weighted by Crippen LogP contribution is 2.56. The summed E-state index contributed by atoms with van der Waals surface area (Å²) in [5, 5.41) is 7.35. The smallest absolute Gasteiger partial charge is 0.230 e. The summed E-state index contributed by atoms with van der Waals surface area (Å²) >= 11 is 0. The molecule has 2 heterocycles. The van der Waals surface area contributed by atoms with E-state index in [-0.39, 0.29) is 11.8 Å². The molecule has 0 radical (unpaired) electrons. The maximum atomic E-state index is 12.4. The van der Waals surface area contributed by atoms with Gasteiger partial charge in [0.05, 0.1) is 7.11 Å². The van der Waals surface area contributed by atoms with Crippen molar-refractivity contribution in [1.29, 1.82) is 0 Å². The third kappa shape index (κ3) is 2.90. The Morgan fingerprint density at radius 2 is 2.04 bits per heavy atom. The van der Waals surface area contributed by atoms with Crippen LogP contribution in [0.4, 0.5) is 5.69 Å². The summed E-state index contributed by atoms with van der Waals surface area (Å²) in [5.41, 5.74) is 4.74. The highest BCUT2D eigenvalue weighted by molar-refractivity contribution is 6.01. The summed E-state index contributed by atoms with van der Waals surface area (Å²) in [7, 11) is 3.63. The number of rotatable bonds is 5. The minimum atomic E-state index is 0.183. The van der Waals surface area contributed by atoms with Crippen molar-refractivity contribution in [3.05, 3.63) is 59.2 Å². The van der Waals surface area contributed by atoms with Gasteiger partial charge >= 0.3 is 0 Å². The number of ether oxygens (including phenoxy) is 1. The van der Waals surface area contributed by atoms with Crippen molar-refractivity contribution in [2.45, 2.75) is 37.4 Å². The van der Waals surface area contributed by atoms with Crippen molar-refractivity contribution >= 4 is 11.6 Å². The normalized spacial score (nSPS) is 28.1. The third-order valence-electron chi connectivity index (χ3n) is 6.56. The molecule has 2 fully saturated rings. The second kappa shape index (κ2) is 6.90. The summed E-state index contributed by atoms with van der Waals surface area (Å²) in [5.74, 6) is 1.74. The number of methoxy groups -OCH3 is 1. The van der Waals surface area contributed by atoms with E-state index >= 15 is 0 Å². The second-order valence-corrected chi connectivity index (χ2v) is 8.19. The summed E-state index contributed by atoms with van der Waals surface area (Å²) in [6.45, 7) is 1.74. The molecule has 5 nitrogen and oxygen atoms in total. The Hall–Kier alpha value is -2.37. The topological polar surface area (TPSA) is 53.6 Å². The average molecular weight is 377 g/mol. The van der Waals surface area contributed by atoms with Gasteiger partial charge in [-0.2, -0.15) is 0 Å². The van der Waals surface area contributed by atoms with Crippen LogP contribution in [0.2, 0.25) is 0 Å². The van der Waals surface area contributed by atoms with Gasteiger partial charge in [-0.3, -0.25) is 4.79 Å². The lowest BCUT2D eigenvalue weighted by atomic mass is 9.97. The van der Waals surface area contributed by atoms with Gasteiger partial charge in [-0.05, 0) is 48.6 Å². The third-order valence-corrected chi connectivity index (χ3v) is 6.56. The fraction of sp³-hybridized carbons (Fsp3) is 0.435. The lowest BCUT2D eigenvalue weighted by molar-refractivity contribution is -0.119. The molecule has 1 saturated carbocycles. The summed E-state index contributed by atoms with van der Waals surface area (Å²) < 4.78 is 5.71. The van der Waals surface area contributed by atoms with Crippen LogP contribution in [-0.2, 0) is 11.3 Å². The molecule has 5 heteroatoms. The van der Waals surface area contributed by atoms with Crippen molar-refractivity contribution in [3.8, 4) is 5.75 Å². The van der Waals surface area contributed by atoms with E-state index < -0.39 is 0 Å². The number of nitrogens with one attached hydrogen (secondary N) is 2. The number of hydrogen-bond acceptors (Lipinski definition) is 4. The number of amides is 1. The first-order chi connectivity index (χ1) is 13.7. The molecule has 1 saturated heterocycles. The minimum absolute atomic E-state index is 0.183. The minimum Gasteiger partial charge on any atom is -0.496 e. The standard InChI is InChI=1S/C23H27N3O2/c1-26-20-10-15(21(28-2)12-17(20)16-11-18(16)23(26)27)13-25-19-8-9-24-22(19)14-6-4-3-5-7-14/h3-7,10,12,16,18-19,22,24-25H,8-9,11,13H2,1-2H3/t16?,18?,19-,22-/m0/s1. The lowest BCUT2D eigenvalue weighted by Gasteiger charge is -2.27.